The molecule has 1 N–H and O–H groups in total. The molecule has 0 fully saturated rings. The van der Waals surface area contributed by atoms with Crippen molar-refractivity contribution in [3.05, 3.63) is 63.6 Å². The van der Waals surface area contributed by atoms with Crippen molar-refractivity contribution in [3.8, 4) is 0 Å². The Morgan fingerprint density at radius 1 is 1.09 bits per heavy atom. The molecule has 0 spiro atoms. The van der Waals surface area contributed by atoms with Crippen LogP contribution in [0.25, 0.3) is 0 Å². The van der Waals surface area contributed by atoms with Gasteiger partial charge in [-0.25, -0.2) is 21.9 Å². The van der Waals surface area contributed by atoms with Crippen molar-refractivity contribution in [2.75, 3.05) is 0 Å². The maximum atomic E-state index is 13.2. The smallest absolute Gasteiger partial charge is 0.207 e. The summed E-state index contributed by atoms with van der Waals surface area (Å²) in [6, 6.07) is 7.25. The molecule has 0 saturated heterocycles. The Hall–Kier alpha value is -1.31. The van der Waals surface area contributed by atoms with Gasteiger partial charge in [-0.2, -0.15) is 0 Å². The Morgan fingerprint density at radius 2 is 1.77 bits per heavy atom. The highest BCUT2D eigenvalue weighted by atomic mass is 79.9. The van der Waals surface area contributed by atoms with Gasteiger partial charge >= 0.3 is 0 Å². The molecule has 118 valence electrons. The minimum absolute atomic E-state index is 0.114. The first-order chi connectivity index (χ1) is 10.2. The lowest BCUT2D eigenvalue weighted by Crippen LogP contribution is -2.27. The van der Waals surface area contributed by atoms with Gasteiger partial charge in [-0.15, -0.1) is 0 Å². The molecule has 0 aliphatic carbocycles. The van der Waals surface area contributed by atoms with E-state index in [2.05, 4.69) is 20.7 Å². The van der Waals surface area contributed by atoms with Crippen LogP contribution in [0.4, 0.5) is 8.78 Å². The quantitative estimate of drug-likeness (QED) is 0.856. The molecular weight excluding hydrogens is 376 g/mol. The van der Waals surface area contributed by atoms with Crippen LogP contribution in [0.1, 0.15) is 24.1 Å². The zero-order valence-corrected chi connectivity index (χ0v) is 14.3. The monoisotopic (exact) mass is 389 g/mol. The molecule has 7 heteroatoms. The Bertz CT molecular complexity index is 809. The van der Waals surface area contributed by atoms with Gasteiger partial charge in [0, 0.05) is 10.5 Å². The average Bonchev–Trinajstić information content (AvgIpc) is 2.44. The lowest BCUT2D eigenvalue weighted by molar-refractivity contribution is 0.504. The number of aryl methyl sites for hydroxylation is 1. The van der Waals surface area contributed by atoms with E-state index in [0.717, 1.165) is 22.2 Å². The van der Waals surface area contributed by atoms with Crippen LogP contribution in [0, 0.1) is 18.6 Å². The summed E-state index contributed by atoms with van der Waals surface area (Å²) in [5.74, 6) is -1.98. The van der Waals surface area contributed by atoms with Crippen molar-refractivity contribution in [2.45, 2.75) is 24.8 Å². The van der Waals surface area contributed by atoms with E-state index in [4.69, 9.17) is 0 Å². The lowest BCUT2D eigenvalue weighted by Gasteiger charge is -2.15. The second-order valence-electron chi connectivity index (χ2n) is 4.93. The molecule has 0 aromatic heterocycles. The first-order valence-corrected chi connectivity index (χ1v) is 8.72. The van der Waals surface area contributed by atoms with Crippen molar-refractivity contribution in [2.24, 2.45) is 0 Å². The predicted octanol–water partition coefficient (Wildman–Crippen LogP) is 4.08. The predicted molar refractivity (Wildman–Crippen MR) is 84.0 cm³/mol. The largest absolute Gasteiger partial charge is 0.241 e. The molecule has 2 aromatic rings. The summed E-state index contributed by atoms with van der Waals surface area (Å²) in [5.41, 5.74) is 1.12. The Labute approximate surface area is 136 Å². The SMILES string of the molecule is Cc1cc(S(=O)(=O)N[C@@H](C)c2ccc(F)c(F)c2)ccc1Br. The molecule has 2 aromatic carbocycles. The van der Waals surface area contributed by atoms with Gasteiger partial charge in [0.05, 0.1) is 4.90 Å². The van der Waals surface area contributed by atoms with Gasteiger partial charge in [-0.05, 0) is 55.3 Å². The van der Waals surface area contributed by atoms with Gasteiger partial charge in [0.25, 0.3) is 0 Å². The Balaban J connectivity index is 2.27. The Morgan fingerprint density at radius 3 is 2.36 bits per heavy atom. The van der Waals surface area contributed by atoms with Crippen molar-refractivity contribution >= 4 is 26.0 Å². The molecule has 0 saturated carbocycles. The van der Waals surface area contributed by atoms with E-state index in [1.54, 1.807) is 19.9 Å². The van der Waals surface area contributed by atoms with E-state index in [9.17, 15) is 17.2 Å². The minimum Gasteiger partial charge on any atom is -0.207 e. The first-order valence-electron chi connectivity index (χ1n) is 6.44. The molecule has 2 rings (SSSR count). The van der Waals surface area contributed by atoms with Crippen LogP contribution in [0.2, 0.25) is 0 Å². The number of hydrogen-bond donors (Lipinski definition) is 1. The van der Waals surface area contributed by atoms with E-state index >= 15 is 0 Å². The molecule has 22 heavy (non-hydrogen) atoms. The molecule has 0 unspecified atom stereocenters. The fourth-order valence-corrected chi connectivity index (χ4v) is 3.50. The third-order valence-corrected chi connectivity index (χ3v) is 5.64. The summed E-state index contributed by atoms with van der Waals surface area (Å²) in [6.45, 7) is 3.35. The number of sulfonamides is 1. The van der Waals surface area contributed by atoms with Gasteiger partial charge in [0.2, 0.25) is 10.0 Å². The summed E-state index contributed by atoms with van der Waals surface area (Å²) in [4.78, 5) is 0.114. The van der Waals surface area contributed by atoms with Crippen LogP contribution in [0.3, 0.4) is 0 Å². The molecule has 0 radical (unpaired) electrons. The zero-order valence-electron chi connectivity index (χ0n) is 11.9. The molecule has 1 atom stereocenters. The third-order valence-electron chi connectivity index (χ3n) is 3.22. The topological polar surface area (TPSA) is 46.2 Å². The van der Waals surface area contributed by atoms with Crippen molar-refractivity contribution in [1.29, 1.82) is 0 Å². The molecule has 0 heterocycles. The van der Waals surface area contributed by atoms with E-state index in [1.165, 1.54) is 18.2 Å². The van der Waals surface area contributed by atoms with Gasteiger partial charge in [0.15, 0.2) is 11.6 Å². The average molecular weight is 390 g/mol. The van der Waals surface area contributed by atoms with Crippen molar-refractivity contribution in [3.63, 3.8) is 0 Å². The maximum absolute atomic E-state index is 13.2. The van der Waals surface area contributed by atoms with Crippen LogP contribution in [-0.2, 0) is 10.0 Å². The van der Waals surface area contributed by atoms with Crippen LogP contribution >= 0.6 is 15.9 Å². The molecule has 0 aliphatic heterocycles. The Kier molecular flexibility index (Phi) is 4.99. The molecule has 3 nitrogen and oxygen atoms in total. The minimum atomic E-state index is -3.76. The van der Waals surface area contributed by atoms with Gasteiger partial charge in [0.1, 0.15) is 0 Å². The highest BCUT2D eigenvalue weighted by Gasteiger charge is 2.19. The van der Waals surface area contributed by atoms with Crippen LogP contribution in [-0.4, -0.2) is 8.42 Å². The highest BCUT2D eigenvalue weighted by Crippen LogP contribution is 2.22. The first kappa shape index (κ1) is 17.1. The number of halogens is 3. The lowest BCUT2D eigenvalue weighted by atomic mass is 10.1. The van der Waals surface area contributed by atoms with Crippen LogP contribution in [0.15, 0.2) is 45.8 Å². The van der Waals surface area contributed by atoms with E-state index < -0.39 is 27.7 Å². The standard InChI is InChI=1S/C15H14BrF2NO2S/c1-9-7-12(4-5-13(9)16)22(20,21)19-10(2)11-3-6-14(17)15(18)8-11/h3-8,10,19H,1-2H3/t10-/m0/s1. The second kappa shape index (κ2) is 6.44. The number of benzene rings is 2. The van der Waals surface area contributed by atoms with E-state index in [0.29, 0.717) is 5.56 Å². The third kappa shape index (κ3) is 3.71. The molecule has 0 aliphatic rings. The van der Waals surface area contributed by atoms with Crippen LogP contribution in [0.5, 0.6) is 0 Å². The normalized spacial score (nSPS) is 13.1. The summed E-state index contributed by atoms with van der Waals surface area (Å²) in [6.07, 6.45) is 0. The van der Waals surface area contributed by atoms with Crippen LogP contribution < -0.4 is 4.72 Å². The summed E-state index contributed by atoms with van der Waals surface area (Å²) in [7, 11) is -3.76. The fourth-order valence-electron chi connectivity index (χ4n) is 1.93. The molecule has 0 amide bonds. The van der Waals surface area contributed by atoms with Gasteiger partial charge in [-0.3, -0.25) is 0 Å². The maximum Gasteiger partial charge on any atom is 0.241 e. The summed E-state index contributed by atoms with van der Waals surface area (Å²) in [5, 5.41) is 0. The number of nitrogens with one attached hydrogen (secondary N) is 1. The fraction of sp³-hybridized carbons (Fsp3) is 0.200. The summed E-state index contributed by atoms with van der Waals surface area (Å²) >= 11 is 3.31. The second-order valence-corrected chi connectivity index (χ2v) is 7.50. The molecular formula is C15H14BrF2NO2S. The highest BCUT2D eigenvalue weighted by molar-refractivity contribution is 9.10. The van der Waals surface area contributed by atoms with E-state index in [1.807, 2.05) is 0 Å². The molecule has 0 bridgehead atoms. The summed E-state index contributed by atoms with van der Waals surface area (Å²) < 4.78 is 54.1. The van der Waals surface area contributed by atoms with Crippen molar-refractivity contribution < 1.29 is 17.2 Å². The van der Waals surface area contributed by atoms with Gasteiger partial charge < -0.3 is 0 Å². The van der Waals surface area contributed by atoms with Crippen molar-refractivity contribution in [1.82, 2.24) is 4.72 Å². The zero-order chi connectivity index (χ0) is 16.5. The number of hydrogen-bond acceptors (Lipinski definition) is 2. The van der Waals surface area contributed by atoms with Gasteiger partial charge in [-0.1, -0.05) is 22.0 Å². The van der Waals surface area contributed by atoms with E-state index in [-0.39, 0.29) is 4.90 Å². The number of rotatable bonds is 4.